The molecule has 0 saturated heterocycles. The molecule has 1 aromatic carbocycles. The molecular weight excluding hydrogens is 225 g/mol. The van der Waals surface area contributed by atoms with Crippen LogP contribution in [0.3, 0.4) is 0 Å². The summed E-state index contributed by atoms with van der Waals surface area (Å²) in [6.07, 6.45) is 1.73. The summed E-state index contributed by atoms with van der Waals surface area (Å²) in [5, 5.41) is 3.56. The SMILES string of the molecule is FCNc1ncc2sc3ccccc3c2n1. The summed E-state index contributed by atoms with van der Waals surface area (Å²) in [5.74, 6) is 0.332. The number of hydrogen-bond donors (Lipinski definition) is 1. The van der Waals surface area contributed by atoms with E-state index in [2.05, 4.69) is 15.3 Å². The summed E-state index contributed by atoms with van der Waals surface area (Å²) in [7, 11) is 0. The second kappa shape index (κ2) is 3.68. The van der Waals surface area contributed by atoms with E-state index in [0.717, 1.165) is 15.6 Å². The van der Waals surface area contributed by atoms with Crippen molar-refractivity contribution in [1.29, 1.82) is 0 Å². The fourth-order valence-corrected chi connectivity index (χ4v) is 2.67. The van der Waals surface area contributed by atoms with Crippen molar-refractivity contribution in [2.24, 2.45) is 0 Å². The Balaban J connectivity index is 2.31. The summed E-state index contributed by atoms with van der Waals surface area (Å²) in [4.78, 5) is 8.34. The largest absolute Gasteiger partial charge is 0.327 e. The van der Waals surface area contributed by atoms with Crippen LogP contribution in [0.4, 0.5) is 10.3 Å². The van der Waals surface area contributed by atoms with Crippen molar-refractivity contribution in [3.63, 3.8) is 0 Å². The molecule has 5 heteroatoms. The van der Waals surface area contributed by atoms with Crippen molar-refractivity contribution in [1.82, 2.24) is 9.97 Å². The van der Waals surface area contributed by atoms with E-state index >= 15 is 0 Å². The molecule has 0 radical (unpaired) electrons. The van der Waals surface area contributed by atoms with Crippen LogP contribution in [0.5, 0.6) is 0 Å². The predicted octanol–water partition coefficient (Wildman–Crippen LogP) is 3.18. The van der Waals surface area contributed by atoms with Crippen LogP contribution >= 0.6 is 11.3 Å². The molecule has 3 nitrogen and oxygen atoms in total. The van der Waals surface area contributed by atoms with Crippen molar-refractivity contribution in [3.05, 3.63) is 30.5 Å². The third kappa shape index (κ3) is 1.40. The Morgan fingerprint density at radius 1 is 1.25 bits per heavy atom. The number of rotatable bonds is 2. The van der Waals surface area contributed by atoms with Gasteiger partial charge in [-0.3, -0.25) is 0 Å². The molecule has 0 aliphatic carbocycles. The Kier molecular flexibility index (Phi) is 2.18. The highest BCUT2D eigenvalue weighted by molar-refractivity contribution is 7.25. The zero-order chi connectivity index (χ0) is 11.0. The first-order valence-electron chi connectivity index (χ1n) is 4.82. The quantitative estimate of drug-likeness (QED) is 0.691. The molecule has 16 heavy (non-hydrogen) atoms. The number of alkyl halides is 1. The number of anilines is 1. The van der Waals surface area contributed by atoms with Crippen molar-refractivity contribution in [2.45, 2.75) is 0 Å². The maximum atomic E-state index is 12.1. The number of hydrogen-bond acceptors (Lipinski definition) is 4. The van der Waals surface area contributed by atoms with Crippen LogP contribution in [0.1, 0.15) is 0 Å². The monoisotopic (exact) mass is 233 g/mol. The van der Waals surface area contributed by atoms with Crippen LogP contribution in [-0.4, -0.2) is 16.8 Å². The van der Waals surface area contributed by atoms with E-state index in [4.69, 9.17) is 0 Å². The van der Waals surface area contributed by atoms with Gasteiger partial charge in [0.15, 0.2) is 6.80 Å². The van der Waals surface area contributed by atoms with Gasteiger partial charge in [0.05, 0.1) is 16.4 Å². The van der Waals surface area contributed by atoms with Gasteiger partial charge in [0.25, 0.3) is 0 Å². The maximum Gasteiger partial charge on any atom is 0.225 e. The molecular formula is C11H8FN3S. The molecule has 0 aliphatic rings. The van der Waals surface area contributed by atoms with Crippen LogP contribution < -0.4 is 5.32 Å². The van der Waals surface area contributed by atoms with Crippen molar-refractivity contribution in [3.8, 4) is 0 Å². The minimum absolute atomic E-state index is 0.332. The molecule has 1 N–H and O–H groups in total. The number of aromatic nitrogens is 2. The third-order valence-electron chi connectivity index (χ3n) is 2.34. The summed E-state index contributed by atoms with van der Waals surface area (Å²) in [6, 6.07) is 8.02. The van der Waals surface area contributed by atoms with Gasteiger partial charge in [0, 0.05) is 10.1 Å². The van der Waals surface area contributed by atoms with Crippen LogP contribution in [0.2, 0.25) is 0 Å². The van der Waals surface area contributed by atoms with Crippen LogP contribution in [-0.2, 0) is 0 Å². The van der Waals surface area contributed by atoms with Gasteiger partial charge in [0.1, 0.15) is 0 Å². The maximum absolute atomic E-state index is 12.1. The first-order chi connectivity index (χ1) is 7.88. The molecule has 2 aromatic heterocycles. The number of halogens is 1. The van der Waals surface area contributed by atoms with E-state index in [-0.39, 0.29) is 0 Å². The number of thiophene rings is 1. The fraction of sp³-hybridized carbons (Fsp3) is 0.0909. The molecule has 2 heterocycles. The lowest BCUT2D eigenvalue weighted by atomic mass is 10.2. The van der Waals surface area contributed by atoms with Gasteiger partial charge >= 0.3 is 0 Å². The second-order valence-electron chi connectivity index (χ2n) is 3.32. The van der Waals surface area contributed by atoms with Crippen LogP contribution in [0.25, 0.3) is 20.3 Å². The molecule has 0 unspecified atom stereocenters. The smallest absolute Gasteiger partial charge is 0.225 e. The normalized spacial score (nSPS) is 11.1. The molecule has 0 atom stereocenters. The molecule has 3 rings (SSSR count). The molecule has 0 aliphatic heterocycles. The van der Waals surface area contributed by atoms with Gasteiger partial charge < -0.3 is 5.32 Å². The van der Waals surface area contributed by atoms with E-state index in [1.54, 1.807) is 17.5 Å². The van der Waals surface area contributed by atoms with E-state index in [9.17, 15) is 4.39 Å². The Labute approximate surface area is 95.0 Å². The lowest BCUT2D eigenvalue weighted by Crippen LogP contribution is -1.99. The average molecular weight is 233 g/mol. The highest BCUT2D eigenvalue weighted by Crippen LogP contribution is 2.32. The molecule has 3 aromatic rings. The van der Waals surface area contributed by atoms with E-state index in [1.165, 1.54) is 4.70 Å². The lowest BCUT2D eigenvalue weighted by molar-refractivity contribution is 0.534. The zero-order valence-corrected chi connectivity index (χ0v) is 9.09. The van der Waals surface area contributed by atoms with Gasteiger partial charge in [0.2, 0.25) is 5.95 Å². The van der Waals surface area contributed by atoms with Crippen LogP contribution in [0.15, 0.2) is 30.5 Å². The first-order valence-corrected chi connectivity index (χ1v) is 5.64. The van der Waals surface area contributed by atoms with Crippen molar-refractivity contribution in [2.75, 3.05) is 12.1 Å². The molecule has 0 fully saturated rings. The first kappa shape index (κ1) is 9.47. The number of benzene rings is 1. The molecule has 0 spiro atoms. The Morgan fingerprint density at radius 3 is 3.00 bits per heavy atom. The Bertz CT molecular complexity index is 650. The minimum atomic E-state index is -0.659. The number of nitrogens with zero attached hydrogens (tertiary/aromatic N) is 2. The number of nitrogens with one attached hydrogen (secondary N) is 1. The number of fused-ring (bicyclic) bond motifs is 3. The van der Waals surface area contributed by atoms with Crippen LogP contribution in [0, 0.1) is 0 Å². The standard InChI is InChI=1S/C11H8FN3S/c12-6-14-11-13-5-9-10(15-11)7-3-1-2-4-8(7)16-9/h1-5H,6H2,(H,13,14,15). The summed E-state index contributed by atoms with van der Waals surface area (Å²) < 4.78 is 14.3. The van der Waals surface area contributed by atoms with Crippen molar-refractivity contribution < 1.29 is 4.39 Å². The highest BCUT2D eigenvalue weighted by Gasteiger charge is 2.06. The fourth-order valence-electron chi connectivity index (χ4n) is 1.65. The highest BCUT2D eigenvalue weighted by atomic mass is 32.1. The Morgan fingerprint density at radius 2 is 2.12 bits per heavy atom. The van der Waals surface area contributed by atoms with E-state index in [1.807, 2.05) is 24.3 Å². The molecule has 80 valence electrons. The second-order valence-corrected chi connectivity index (χ2v) is 4.40. The summed E-state index contributed by atoms with van der Waals surface area (Å²) >= 11 is 1.64. The van der Waals surface area contributed by atoms with Gasteiger partial charge in [-0.05, 0) is 6.07 Å². The van der Waals surface area contributed by atoms with Gasteiger partial charge in [-0.15, -0.1) is 11.3 Å². The summed E-state index contributed by atoms with van der Waals surface area (Å²) in [5.41, 5.74) is 0.881. The molecule has 0 amide bonds. The molecule has 0 saturated carbocycles. The summed E-state index contributed by atoms with van der Waals surface area (Å²) in [6.45, 7) is -0.659. The topological polar surface area (TPSA) is 37.8 Å². The predicted molar refractivity (Wildman–Crippen MR) is 64.5 cm³/mol. The van der Waals surface area contributed by atoms with Gasteiger partial charge in [-0.1, -0.05) is 18.2 Å². The average Bonchev–Trinajstić information content (AvgIpc) is 2.68. The van der Waals surface area contributed by atoms with Crippen molar-refractivity contribution >= 4 is 37.6 Å². The zero-order valence-electron chi connectivity index (χ0n) is 8.27. The Hall–Kier alpha value is -1.75. The third-order valence-corrected chi connectivity index (χ3v) is 3.44. The molecule has 0 bridgehead atoms. The van der Waals surface area contributed by atoms with E-state index in [0.29, 0.717) is 5.95 Å². The minimum Gasteiger partial charge on any atom is -0.327 e. The van der Waals surface area contributed by atoms with E-state index < -0.39 is 6.80 Å². The van der Waals surface area contributed by atoms with Gasteiger partial charge in [-0.25, -0.2) is 14.4 Å². The lowest BCUT2D eigenvalue weighted by Gasteiger charge is -1.98. The van der Waals surface area contributed by atoms with Gasteiger partial charge in [-0.2, -0.15) is 0 Å².